The fraction of sp³-hybridized carbons (Fsp3) is 0.143. The van der Waals surface area contributed by atoms with Gasteiger partial charge >= 0.3 is 32.0 Å². The normalized spacial score (nSPS) is 11.1. The Kier molecular flexibility index (Phi) is 16.6. The Balaban J connectivity index is 0.000000591. The Labute approximate surface area is 263 Å². The van der Waals surface area contributed by atoms with Crippen LogP contribution in [0.2, 0.25) is 0 Å². The van der Waals surface area contributed by atoms with E-state index in [4.69, 9.17) is 35.5 Å². The lowest BCUT2D eigenvalue weighted by molar-refractivity contribution is -0.139. The van der Waals surface area contributed by atoms with Crippen molar-refractivity contribution in [2.24, 2.45) is 0 Å². The molecule has 7 N–H and O–H groups in total. The second kappa shape index (κ2) is 18.5. The van der Waals surface area contributed by atoms with E-state index in [0.717, 1.165) is 48.5 Å². The van der Waals surface area contributed by atoms with Crippen molar-refractivity contribution in [2.75, 3.05) is 0 Å². The predicted octanol–water partition coefficient (Wildman–Crippen LogP) is 7.59. The molecule has 0 amide bonds. The van der Waals surface area contributed by atoms with Crippen LogP contribution in [0.25, 0.3) is 0 Å². The largest absolute Gasteiger partial charge is 0.631 e. The van der Waals surface area contributed by atoms with Crippen LogP contribution in [0, 0.1) is 0 Å². The highest BCUT2D eigenvalue weighted by Gasteiger charge is 2.35. The smallest absolute Gasteiger partial charge is 0.507 e. The molecule has 48 heavy (non-hydrogen) atoms. The number of aromatic hydroxyl groups is 4. The van der Waals surface area contributed by atoms with Gasteiger partial charge in [-0.3, -0.25) is 0 Å². The highest BCUT2D eigenvalue weighted by Crippen LogP contribution is 2.37. The lowest BCUT2D eigenvalue weighted by Gasteiger charge is -2.06. The zero-order valence-corrected chi connectivity index (χ0v) is 23.5. The molecular weight excluding hydrogens is 687 g/mol. The number of phenolic OH excluding ortho intramolecular Hbond substituents is 4. The molecule has 0 unspecified atom stereocenters. The fourth-order valence-corrected chi connectivity index (χ4v) is 2.85. The van der Waals surface area contributed by atoms with Gasteiger partial charge in [-0.25, -0.2) is 0 Å². The Morgan fingerprint density at radius 2 is 0.438 bits per heavy atom. The minimum atomic E-state index is -4.47. The number of halogens is 12. The minimum Gasteiger partial charge on any atom is -0.507 e. The number of benzene rings is 4. The topological polar surface area (TPSA) is 142 Å². The maximum Gasteiger partial charge on any atom is 0.631 e. The van der Waals surface area contributed by atoms with Gasteiger partial charge in [-0.2, -0.15) is 52.7 Å². The van der Waals surface area contributed by atoms with Crippen LogP contribution in [0.5, 0.6) is 23.0 Å². The molecular formula is C28H23BF12O7. The maximum atomic E-state index is 11.9. The molecule has 0 atom stereocenters. The summed E-state index contributed by atoms with van der Waals surface area (Å²) >= 11 is 0. The Bertz CT molecular complexity index is 1300. The summed E-state index contributed by atoms with van der Waals surface area (Å²) in [6.07, 6.45) is -17.9. The van der Waals surface area contributed by atoms with Crippen molar-refractivity contribution in [1.29, 1.82) is 0 Å². The van der Waals surface area contributed by atoms with E-state index in [1.807, 2.05) is 0 Å². The van der Waals surface area contributed by atoms with E-state index in [0.29, 0.717) is 0 Å². The molecule has 20 heteroatoms. The predicted molar refractivity (Wildman–Crippen MR) is 145 cm³/mol. The van der Waals surface area contributed by atoms with E-state index in [2.05, 4.69) is 0 Å². The molecule has 0 heterocycles. The first-order valence-corrected chi connectivity index (χ1v) is 12.2. The highest BCUT2D eigenvalue weighted by atomic mass is 19.4. The molecule has 4 aromatic rings. The standard InChI is InChI=1S/4C7H5F3O.BH3O3/c4*8-7(9,10)5-3-1-2-4-6(5)11;2-1(3)4/h4*1-4,11H;2-4H. The summed E-state index contributed by atoms with van der Waals surface area (Å²) in [5.41, 5.74) is -4.00. The van der Waals surface area contributed by atoms with E-state index < -0.39 is 77.3 Å². The molecule has 0 radical (unpaired) electrons. The number of hydrogen-bond acceptors (Lipinski definition) is 7. The maximum absolute atomic E-state index is 11.9. The molecule has 0 aromatic heterocycles. The van der Waals surface area contributed by atoms with Crippen molar-refractivity contribution in [2.45, 2.75) is 24.7 Å². The summed E-state index contributed by atoms with van der Waals surface area (Å²) in [6.45, 7) is 0. The Hall–Kier alpha value is -4.82. The van der Waals surface area contributed by atoms with Gasteiger partial charge in [0.05, 0.1) is 22.3 Å². The van der Waals surface area contributed by atoms with Crippen molar-refractivity contribution in [3.05, 3.63) is 119 Å². The van der Waals surface area contributed by atoms with Gasteiger partial charge in [-0.1, -0.05) is 48.5 Å². The van der Waals surface area contributed by atoms with Gasteiger partial charge in [0.15, 0.2) is 0 Å². The summed E-state index contributed by atoms with van der Waals surface area (Å²) in [5, 5.41) is 56.4. The van der Waals surface area contributed by atoms with Crippen molar-refractivity contribution < 1.29 is 88.2 Å². The molecule has 0 saturated heterocycles. The zero-order valence-electron chi connectivity index (χ0n) is 23.5. The first kappa shape index (κ1) is 43.2. The summed E-state index contributed by atoms with van der Waals surface area (Å²) in [6, 6.07) is 17.6. The van der Waals surface area contributed by atoms with Gasteiger partial charge in [-0.05, 0) is 48.5 Å². The third-order valence-electron chi connectivity index (χ3n) is 4.84. The van der Waals surface area contributed by atoms with Crippen LogP contribution < -0.4 is 0 Å². The third kappa shape index (κ3) is 16.7. The van der Waals surface area contributed by atoms with Gasteiger partial charge in [0.25, 0.3) is 0 Å². The van der Waals surface area contributed by atoms with Crippen LogP contribution in [-0.4, -0.2) is 42.8 Å². The lowest BCUT2D eigenvalue weighted by Crippen LogP contribution is -2.07. The van der Waals surface area contributed by atoms with Gasteiger partial charge in [0.2, 0.25) is 0 Å². The minimum absolute atomic E-state index is 0.736. The van der Waals surface area contributed by atoms with Crippen molar-refractivity contribution in [1.82, 2.24) is 0 Å². The lowest BCUT2D eigenvalue weighted by atomic mass is 10.2. The Morgan fingerprint density at radius 1 is 0.312 bits per heavy atom. The van der Waals surface area contributed by atoms with Gasteiger partial charge < -0.3 is 35.5 Å². The molecule has 0 aliphatic carbocycles. The SMILES string of the molecule is OB(O)O.Oc1ccccc1C(F)(F)F.Oc1ccccc1C(F)(F)F.Oc1ccccc1C(F)(F)F.Oc1ccccc1C(F)(F)F. The van der Waals surface area contributed by atoms with E-state index in [9.17, 15) is 52.7 Å². The van der Waals surface area contributed by atoms with Gasteiger partial charge in [-0.15, -0.1) is 0 Å². The van der Waals surface area contributed by atoms with E-state index in [-0.39, 0.29) is 0 Å². The average Bonchev–Trinajstić information content (AvgIpc) is 2.92. The second-order valence-corrected chi connectivity index (χ2v) is 8.41. The van der Waals surface area contributed by atoms with Crippen LogP contribution in [0.1, 0.15) is 22.3 Å². The van der Waals surface area contributed by atoms with Crippen molar-refractivity contribution >= 4 is 7.32 Å². The molecule has 0 aliphatic rings. The van der Waals surface area contributed by atoms with Crippen molar-refractivity contribution in [3.8, 4) is 23.0 Å². The average molecular weight is 710 g/mol. The van der Waals surface area contributed by atoms with E-state index in [1.165, 1.54) is 48.5 Å². The third-order valence-corrected chi connectivity index (χ3v) is 4.84. The monoisotopic (exact) mass is 710 g/mol. The quantitative estimate of drug-likeness (QED) is 0.0737. The second-order valence-electron chi connectivity index (χ2n) is 8.41. The van der Waals surface area contributed by atoms with E-state index >= 15 is 0 Å². The molecule has 0 fully saturated rings. The van der Waals surface area contributed by atoms with Gasteiger partial charge in [0, 0.05) is 0 Å². The Morgan fingerprint density at radius 3 is 0.521 bits per heavy atom. The number of para-hydroxylation sites is 4. The number of hydrogen-bond donors (Lipinski definition) is 7. The zero-order chi connectivity index (χ0) is 37.5. The summed E-state index contributed by atoms with van der Waals surface area (Å²) in [4.78, 5) is 0. The van der Waals surface area contributed by atoms with Crippen LogP contribution in [-0.2, 0) is 24.7 Å². The number of rotatable bonds is 0. The van der Waals surface area contributed by atoms with Crippen LogP contribution in [0.3, 0.4) is 0 Å². The summed E-state index contributed by atoms with van der Waals surface area (Å²) in [7, 11) is -2.17. The number of phenols is 4. The summed E-state index contributed by atoms with van der Waals surface area (Å²) in [5.74, 6) is -2.94. The molecule has 264 valence electrons. The highest BCUT2D eigenvalue weighted by molar-refractivity contribution is 6.30. The van der Waals surface area contributed by atoms with Crippen LogP contribution >= 0.6 is 0 Å². The fourth-order valence-electron chi connectivity index (χ4n) is 2.85. The van der Waals surface area contributed by atoms with E-state index in [1.54, 1.807) is 0 Å². The molecule has 0 saturated carbocycles. The molecule has 4 aromatic carbocycles. The molecule has 0 bridgehead atoms. The molecule has 4 rings (SSSR count). The summed E-state index contributed by atoms with van der Waals surface area (Å²) < 4.78 is 143. The van der Waals surface area contributed by atoms with Gasteiger partial charge in [0.1, 0.15) is 23.0 Å². The molecule has 7 nitrogen and oxygen atoms in total. The first-order chi connectivity index (χ1) is 21.8. The van der Waals surface area contributed by atoms with Crippen LogP contribution in [0.15, 0.2) is 97.1 Å². The first-order valence-electron chi connectivity index (χ1n) is 12.2. The molecule has 0 aliphatic heterocycles. The molecule has 0 spiro atoms. The van der Waals surface area contributed by atoms with Crippen LogP contribution in [0.4, 0.5) is 52.7 Å². The van der Waals surface area contributed by atoms with Crippen molar-refractivity contribution in [3.63, 3.8) is 0 Å². The number of alkyl halides is 12.